The Labute approximate surface area is 133 Å². The minimum absolute atomic E-state index is 0.0781. The highest BCUT2D eigenvalue weighted by atomic mass is 79.9. The van der Waals surface area contributed by atoms with Gasteiger partial charge in [-0.15, -0.1) is 0 Å². The van der Waals surface area contributed by atoms with E-state index in [2.05, 4.69) is 40.2 Å². The first kappa shape index (κ1) is 16.2. The Morgan fingerprint density at radius 1 is 1.38 bits per heavy atom. The van der Waals surface area contributed by atoms with Gasteiger partial charge in [-0.25, -0.2) is 4.39 Å². The van der Waals surface area contributed by atoms with E-state index in [1.807, 2.05) is 30.1 Å². The van der Waals surface area contributed by atoms with Gasteiger partial charge in [0.2, 0.25) is 0 Å². The lowest BCUT2D eigenvalue weighted by molar-refractivity contribution is 0.524. The van der Waals surface area contributed by atoms with Crippen LogP contribution in [-0.4, -0.2) is 16.3 Å². The predicted octanol–water partition coefficient (Wildman–Crippen LogP) is 3.78. The van der Waals surface area contributed by atoms with E-state index in [-0.39, 0.29) is 11.9 Å². The lowest BCUT2D eigenvalue weighted by atomic mass is 9.98. The first-order valence-electron chi connectivity index (χ1n) is 7.24. The second-order valence-electron chi connectivity index (χ2n) is 5.11. The number of aryl methyl sites for hydroxylation is 2. The maximum absolute atomic E-state index is 14.1. The molecule has 0 aliphatic carbocycles. The van der Waals surface area contributed by atoms with Crippen LogP contribution in [0.15, 0.2) is 28.9 Å². The van der Waals surface area contributed by atoms with E-state index in [0.717, 1.165) is 34.3 Å². The molecule has 1 unspecified atom stereocenters. The van der Waals surface area contributed by atoms with Crippen LogP contribution in [0.1, 0.15) is 36.7 Å². The highest BCUT2D eigenvalue weighted by molar-refractivity contribution is 9.10. The molecule has 3 nitrogen and oxygen atoms in total. The fourth-order valence-corrected chi connectivity index (χ4v) is 2.90. The van der Waals surface area contributed by atoms with Crippen LogP contribution >= 0.6 is 15.9 Å². The maximum Gasteiger partial charge on any atom is 0.127 e. The zero-order valence-electron chi connectivity index (χ0n) is 12.7. The molecule has 0 bridgehead atoms. The minimum Gasteiger partial charge on any atom is -0.310 e. The SMILES string of the molecule is CCNC(Cc1ccc(Br)cc1F)c1cn(C)nc1CC. The van der Waals surface area contributed by atoms with Crippen molar-refractivity contribution in [3.8, 4) is 0 Å². The summed E-state index contributed by atoms with van der Waals surface area (Å²) in [5, 5.41) is 7.93. The summed E-state index contributed by atoms with van der Waals surface area (Å²) in [4.78, 5) is 0. The van der Waals surface area contributed by atoms with Gasteiger partial charge in [0.25, 0.3) is 0 Å². The zero-order valence-corrected chi connectivity index (χ0v) is 14.2. The van der Waals surface area contributed by atoms with Crippen molar-refractivity contribution >= 4 is 15.9 Å². The molecule has 0 saturated carbocycles. The number of nitrogens with one attached hydrogen (secondary N) is 1. The summed E-state index contributed by atoms with van der Waals surface area (Å²) in [6.45, 7) is 4.99. The first-order valence-corrected chi connectivity index (χ1v) is 8.04. The number of rotatable bonds is 6. The van der Waals surface area contributed by atoms with Crippen LogP contribution in [0.3, 0.4) is 0 Å². The molecule has 2 aromatic rings. The van der Waals surface area contributed by atoms with E-state index < -0.39 is 0 Å². The van der Waals surface area contributed by atoms with Crippen LogP contribution in [-0.2, 0) is 19.9 Å². The monoisotopic (exact) mass is 353 g/mol. The van der Waals surface area contributed by atoms with Gasteiger partial charge in [0.1, 0.15) is 5.82 Å². The summed E-state index contributed by atoms with van der Waals surface area (Å²) >= 11 is 3.30. The van der Waals surface area contributed by atoms with Gasteiger partial charge in [-0.05, 0) is 37.1 Å². The molecule has 1 N–H and O–H groups in total. The Hall–Kier alpha value is -1.20. The summed E-state index contributed by atoms with van der Waals surface area (Å²) in [5.74, 6) is -0.172. The van der Waals surface area contributed by atoms with E-state index in [1.54, 1.807) is 0 Å². The Kier molecular flexibility index (Phi) is 5.53. The first-order chi connectivity index (χ1) is 10.0. The maximum atomic E-state index is 14.1. The molecule has 0 fully saturated rings. The second-order valence-corrected chi connectivity index (χ2v) is 6.02. The van der Waals surface area contributed by atoms with Gasteiger partial charge >= 0.3 is 0 Å². The molecule has 0 radical (unpaired) electrons. The van der Waals surface area contributed by atoms with Gasteiger partial charge in [-0.1, -0.05) is 35.8 Å². The van der Waals surface area contributed by atoms with Gasteiger partial charge < -0.3 is 5.32 Å². The standard InChI is InChI=1S/C16H21BrFN3/c1-4-15-13(10-21(3)20-15)16(19-5-2)8-11-6-7-12(17)9-14(11)18/h6-7,9-10,16,19H,4-5,8H2,1-3H3. The predicted molar refractivity (Wildman–Crippen MR) is 86.8 cm³/mol. The third-order valence-corrected chi connectivity index (χ3v) is 4.03. The lowest BCUT2D eigenvalue weighted by Crippen LogP contribution is -2.24. The van der Waals surface area contributed by atoms with E-state index in [0.29, 0.717) is 6.42 Å². The van der Waals surface area contributed by atoms with E-state index >= 15 is 0 Å². The largest absolute Gasteiger partial charge is 0.310 e. The third-order valence-electron chi connectivity index (χ3n) is 3.54. The van der Waals surface area contributed by atoms with Gasteiger partial charge in [0, 0.05) is 29.3 Å². The van der Waals surface area contributed by atoms with Crippen molar-refractivity contribution < 1.29 is 4.39 Å². The molecule has 0 aliphatic rings. The van der Waals surface area contributed by atoms with Crippen molar-refractivity contribution in [1.82, 2.24) is 15.1 Å². The summed E-state index contributed by atoms with van der Waals surface area (Å²) in [7, 11) is 1.92. The van der Waals surface area contributed by atoms with Crippen LogP contribution in [0.4, 0.5) is 4.39 Å². The Balaban J connectivity index is 2.30. The molecule has 0 amide bonds. The molecular weight excluding hydrogens is 333 g/mol. The number of likely N-dealkylation sites (N-methyl/N-ethyl adjacent to an activating group) is 1. The molecule has 1 aromatic carbocycles. The molecule has 0 aliphatic heterocycles. The van der Waals surface area contributed by atoms with E-state index in [1.165, 1.54) is 6.07 Å². The van der Waals surface area contributed by atoms with Crippen LogP contribution in [0.25, 0.3) is 0 Å². The van der Waals surface area contributed by atoms with Gasteiger partial charge in [-0.2, -0.15) is 5.10 Å². The topological polar surface area (TPSA) is 29.9 Å². The molecule has 1 atom stereocenters. The van der Waals surface area contributed by atoms with Crippen molar-refractivity contribution in [3.63, 3.8) is 0 Å². The molecule has 0 spiro atoms. The van der Waals surface area contributed by atoms with Crippen LogP contribution < -0.4 is 5.32 Å². The Morgan fingerprint density at radius 3 is 2.76 bits per heavy atom. The van der Waals surface area contributed by atoms with Gasteiger partial charge in [0.15, 0.2) is 0 Å². The smallest absolute Gasteiger partial charge is 0.127 e. The quantitative estimate of drug-likeness (QED) is 0.856. The molecule has 21 heavy (non-hydrogen) atoms. The molecular formula is C16H21BrFN3. The highest BCUT2D eigenvalue weighted by Crippen LogP contribution is 2.24. The average Bonchev–Trinajstić information content (AvgIpc) is 2.82. The van der Waals surface area contributed by atoms with Crippen molar-refractivity contribution in [2.45, 2.75) is 32.7 Å². The van der Waals surface area contributed by atoms with Gasteiger partial charge in [0.05, 0.1) is 5.69 Å². The van der Waals surface area contributed by atoms with E-state index in [9.17, 15) is 4.39 Å². The lowest BCUT2D eigenvalue weighted by Gasteiger charge is -2.18. The molecule has 5 heteroatoms. The minimum atomic E-state index is -0.172. The Morgan fingerprint density at radius 2 is 2.14 bits per heavy atom. The number of aromatic nitrogens is 2. The molecule has 0 saturated heterocycles. The van der Waals surface area contributed by atoms with Crippen molar-refractivity contribution in [2.75, 3.05) is 6.54 Å². The van der Waals surface area contributed by atoms with Crippen LogP contribution in [0.2, 0.25) is 0 Å². The Bertz CT molecular complexity index is 610. The summed E-state index contributed by atoms with van der Waals surface area (Å²) in [6, 6.07) is 5.31. The van der Waals surface area contributed by atoms with E-state index in [4.69, 9.17) is 0 Å². The fraction of sp³-hybridized carbons (Fsp3) is 0.438. The summed E-state index contributed by atoms with van der Waals surface area (Å²) < 4.78 is 16.7. The number of benzene rings is 1. The molecule has 114 valence electrons. The second kappa shape index (κ2) is 7.18. The number of hydrogen-bond donors (Lipinski definition) is 1. The highest BCUT2D eigenvalue weighted by Gasteiger charge is 2.19. The van der Waals surface area contributed by atoms with Crippen molar-refractivity contribution in [1.29, 1.82) is 0 Å². The fourth-order valence-electron chi connectivity index (χ4n) is 2.56. The molecule has 1 aromatic heterocycles. The average molecular weight is 354 g/mol. The van der Waals surface area contributed by atoms with Crippen molar-refractivity contribution in [3.05, 3.63) is 51.5 Å². The number of nitrogens with zero attached hydrogens (tertiary/aromatic N) is 2. The zero-order chi connectivity index (χ0) is 15.4. The summed E-state index contributed by atoms with van der Waals surface area (Å²) in [6.07, 6.45) is 3.52. The third kappa shape index (κ3) is 3.92. The van der Waals surface area contributed by atoms with Crippen molar-refractivity contribution in [2.24, 2.45) is 7.05 Å². The molecule has 2 rings (SSSR count). The summed E-state index contributed by atoms with van der Waals surface area (Å²) in [5.41, 5.74) is 2.94. The van der Waals surface area contributed by atoms with Gasteiger partial charge in [-0.3, -0.25) is 4.68 Å². The number of hydrogen-bond acceptors (Lipinski definition) is 2. The normalized spacial score (nSPS) is 12.6. The van der Waals surface area contributed by atoms with Crippen LogP contribution in [0.5, 0.6) is 0 Å². The van der Waals surface area contributed by atoms with Crippen LogP contribution in [0, 0.1) is 5.82 Å². The molecule has 1 heterocycles. The number of halogens is 2.